The van der Waals surface area contributed by atoms with Crippen LogP contribution >= 0.6 is 0 Å². The van der Waals surface area contributed by atoms with Crippen molar-refractivity contribution in [2.45, 2.75) is 83.1 Å². The van der Waals surface area contributed by atoms with Crippen molar-refractivity contribution in [1.29, 1.82) is 0 Å². The Labute approximate surface area is 166 Å². The van der Waals surface area contributed by atoms with E-state index in [9.17, 15) is 0 Å². The molecule has 0 amide bonds. The summed E-state index contributed by atoms with van der Waals surface area (Å²) in [4.78, 5) is 2.66. The molecular weight excluding hydrogens is 335 g/mol. The van der Waals surface area contributed by atoms with Crippen LogP contribution in [-0.4, -0.2) is 47.2 Å². The highest BCUT2D eigenvalue weighted by atomic mass is 16.4. The molecule has 1 aromatic rings. The minimum absolute atomic E-state index is 0.254. The van der Waals surface area contributed by atoms with Gasteiger partial charge in [-0.15, -0.1) is 0 Å². The molecule has 2 rings (SSSR count). The maximum absolute atomic E-state index is 8.85. The average molecular weight is 374 g/mol. The second-order valence-electron chi connectivity index (χ2n) is 8.47. The van der Waals surface area contributed by atoms with E-state index in [0.717, 1.165) is 31.6 Å². The largest absolute Gasteiger partial charge is 0.451 e. The van der Waals surface area contributed by atoms with Crippen LogP contribution in [0.5, 0.6) is 0 Å². The van der Waals surface area contributed by atoms with Crippen molar-refractivity contribution in [2.24, 2.45) is 11.7 Å². The molecule has 1 aliphatic heterocycles. The number of rotatable bonds is 12. The molecular formula is C22H39BN2O2. The lowest BCUT2D eigenvalue weighted by Crippen LogP contribution is -2.40. The Morgan fingerprint density at radius 2 is 1.70 bits per heavy atom. The fourth-order valence-corrected chi connectivity index (χ4v) is 4.28. The van der Waals surface area contributed by atoms with Gasteiger partial charge in [0.05, 0.1) is 0 Å². The number of nitrogens with zero attached hydrogens (tertiary/aromatic N) is 1. The molecule has 1 saturated heterocycles. The van der Waals surface area contributed by atoms with Crippen LogP contribution in [0.2, 0.25) is 6.32 Å². The van der Waals surface area contributed by atoms with Crippen molar-refractivity contribution in [3.05, 3.63) is 35.9 Å². The first-order valence-electron chi connectivity index (χ1n) is 10.9. The van der Waals surface area contributed by atoms with E-state index in [4.69, 9.17) is 15.8 Å². The molecule has 1 heterocycles. The van der Waals surface area contributed by atoms with Gasteiger partial charge in [-0.25, -0.2) is 0 Å². The second-order valence-corrected chi connectivity index (χ2v) is 8.47. The summed E-state index contributed by atoms with van der Waals surface area (Å²) < 4.78 is 0. The van der Waals surface area contributed by atoms with Crippen LogP contribution in [-0.2, 0) is 6.42 Å². The van der Waals surface area contributed by atoms with Gasteiger partial charge in [0, 0.05) is 12.1 Å². The maximum Gasteiger partial charge on any atom is 0.451 e. The summed E-state index contributed by atoms with van der Waals surface area (Å²) in [6.45, 7) is 4.83. The second kappa shape index (κ2) is 12.6. The Morgan fingerprint density at radius 1 is 1.04 bits per heavy atom. The zero-order chi connectivity index (χ0) is 19.5. The molecule has 0 saturated carbocycles. The van der Waals surface area contributed by atoms with Gasteiger partial charge in [0.2, 0.25) is 0 Å². The van der Waals surface area contributed by atoms with Crippen molar-refractivity contribution in [1.82, 2.24) is 4.90 Å². The van der Waals surface area contributed by atoms with Crippen LogP contribution in [0.1, 0.15) is 63.9 Å². The quantitative estimate of drug-likeness (QED) is 0.387. The van der Waals surface area contributed by atoms with Crippen molar-refractivity contribution in [3.63, 3.8) is 0 Å². The molecule has 152 valence electrons. The third kappa shape index (κ3) is 9.24. The summed E-state index contributed by atoms with van der Waals surface area (Å²) in [6.07, 6.45) is 10.6. The molecule has 0 aromatic heterocycles. The van der Waals surface area contributed by atoms with Gasteiger partial charge in [-0.05, 0) is 76.3 Å². The Kier molecular flexibility index (Phi) is 10.4. The third-order valence-electron chi connectivity index (χ3n) is 6.12. The van der Waals surface area contributed by atoms with Crippen LogP contribution in [0, 0.1) is 5.92 Å². The summed E-state index contributed by atoms with van der Waals surface area (Å²) in [6, 6.07) is 11.8. The van der Waals surface area contributed by atoms with E-state index in [0.29, 0.717) is 12.4 Å². The highest BCUT2D eigenvalue weighted by Crippen LogP contribution is 2.24. The van der Waals surface area contributed by atoms with E-state index < -0.39 is 7.12 Å². The third-order valence-corrected chi connectivity index (χ3v) is 6.12. The first-order chi connectivity index (χ1) is 13.0. The van der Waals surface area contributed by atoms with Gasteiger partial charge in [0.25, 0.3) is 0 Å². The lowest BCUT2D eigenvalue weighted by Gasteiger charge is -2.36. The summed E-state index contributed by atoms with van der Waals surface area (Å²) in [5, 5.41) is 17.7. The predicted octanol–water partition coefficient (Wildman–Crippen LogP) is 3.47. The summed E-state index contributed by atoms with van der Waals surface area (Å²) in [5.41, 5.74) is 7.69. The molecule has 4 N–H and O–H groups in total. The summed E-state index contributed by atoms with van der Waals surface area (Å²) in [5.74, 6) is 0.835. The Morgan fingerprint density at radius 3 is 2.37 bits per heavy atom. The maximum atomic E-state index is 8.85. The van der Waals surface area contributed by atoms with Crippen LogP contribution in [0.15, 0.2) is 30.3 Å². The van der Waals surface area contributed by atoms with Gasteiger partial charge < -0.3 is 20.7 Å². The number of hydrogen-bond donors (Lipinski definition) is 3. The molecule has 1 aliphatic rings. The van der Waals surface area contributed by atoms with Crippen LogP contribution in [0.3, 0.4) is 0 Å². The molecule has 0 radical (unpaired) electrons. The van der Waals surface area contributed by atoms with E-state index >= 15 is 0 Å². The van der Waals surface area contributed by atoms with Crippen molar-refractivity contribution in [3.8, 4) is 0 Å². The SMILES string of the molecule is CC(CCCC(N)CCCCB(O)O)N1CCC(Cc2ccccc2)CC1. The fourth-order valence-electron chi connectivity index (χ4n) is 4.28. The van der Waals surface area contributed by atoms with Gasteiger partial charge in [0.15, 0.2) is 0 Å². The van der Waals surface area contributed by atoms with Crippen molar-refractivity contribution >= 4 is 7.12 Å². The van der Waals surface area contributed by atoms with Gasteiger partial charge >= 0.3 is 7.12 Å². The number of piperidine rings is 1. The van der Waals surface area contributed by atoms with Gasteiger partial charge in [-0.2, -0.15) is 0 Å². The Hall–Kier alpha value is -0.875. The Bertz CT molecular complexity index is 492. The average Bonchev–Trinajstić information content (AvgIpc) is 2.66. The smallest absolute Gasteiger partial charge is 0.427 e. The van der Waals surface area contributed by atoms with Gasteiger partial charge in [0.1, 0.15) is 0 Å². The number of unbranched alkanes of at least 4 members (excludes halogenated alkanes) is 1. The molecule has 1 fully saturated rings. The number of nitrogens with two attached hydrogens (primary N) is 1. The van der Waals surface area contributed by atoms with Gasteiger partial charge in [-0.1, -0.05) is 49.6 Å². The van der Waals surface area contributed by atoms with Gasteiger partial charge in [-0.3, -0.25) is 0 Å². The fraction of sp³-hybridized carbons (Fsp3) is 0.727. The lowest BCUT2D eigenvalue weighted by atomic mass is 9.83. The first kappa shape index (κ1) is 22.4. The molecule has 0 spiro atoms. The molecule has 27 heavy (non-hydrogen) atoms. The molecule has 4 nitrogen and oxygen atoms in total. The topological polar surface area (TPSA) is 69.7 Å². The van der Waals surface area contributed by atoms with E-state index in [2.05, 4.69) is 42.2 Å². The summed E-state index contributed by atoms with van der Waals surface area (Å²) >= 11 is 0. The van der Waals surface area contributed by atoms with Crippen LogP contribution in [0.4, 0.5) is 0 Å². The Balaban J connectivity index is 1.54. The monoisotopic (exact) mass is 374 g/mol. The number of hydrogen-bond acceptors (Lipinski definition) is 4. The van der Waals surface area contributed by atoms with Crippen molar-refractivity contribution < 1.29 is 10.0 Å². The molecule has 1 aromatic carbocycles. The molecule has 2 unspecified atom stereocenters. The zero-order valence-electron chi connectivity index (χ0n) is 17.1. The van der Waals surface area contributed by atoms with Crippen LogP contribution < -0.4 is 5.73 Å². The molecule has 2 atom stereocenters. The predicted molar refractivity (Wildman–Crippen MR) is 115 cm³/mol. The highest BCUT2D eigenvalue weighted by Gasteiger charge is 2.22. The lowest BCUT2D eigenvalue weighted by molar-refractivity contribution is 0.133. The van der Waals surface area contributed by atoms with E-state index in [-0.39, 0.29) is 6.04 Å². The van der Waals surface area contributed by atoms with Crippen LogP contribution in [0.25, 0.3) is 0 Å². The summed E-state index contributed by atoms with van der Waals surface area (Å²) in [7, 11) is -1.17. The normalized spacial score (nSPS) is 18.4. The highest BCUT2D eigenvalue weighted by molar-refractivity contribution is 6.40. The first-order valence-corrected chi connectivity index (χ1v) is 10.9. The number of benzene rings is 1. The zero-order valence-corrected chi connectivity index (χ0v) is 17.1. The van der Waals surface area contributed by atoms with E-state index in [1.54, 1.807) is 0 Å². The minimum atomic E-state index is -1.17. The number of likely N-dealkylation sites (tertiary alicyclic amines) is 1. The molecule has 0 aliphatic carbocycles. The molecule has 0 bridgehead atoms. The van der Waals surface area contributed by atoms with E-state index in [1.165, 1.54) is 50.8 Å². The standard InChI is InChI=1S/C22H39BN2O2/c1-19(8-7-12-22(24)11-5-6-15-23(26)27)25-16-13-21(14-17-25)18-20-9-3-2-4-10-20/h2-4,9-10,19,21-22,26-27H,5-8,11-18,24H2,1H3. The minimum Gasteiger partial charge on any atom is -0.427 e. The van der Waals surface area contributed by atoms with Crippen molar-refractivity contribution in [2.75, 3.05) is 13.1 Å². The molecule has 5 heteroatoms. The van der Waals surface area contributed by atoms with E-state index in [1.807, 2.05) is 0 Å².